The van der Waals surface area contributed by atoms with Gasteiger partial charge in [0, 0.05) is 10.7 Å². The molecule has 0 bridgehead atoms. The lowest BCUT2D eigenvalue weighted by Crippen LogP contribution is -2.20. The highest BCUT2D eigenvalue weighted by molar-refractivity contribution is 6.30. The molecule has 0 radical (unpaired) electrons. The van der Waals surface area contributed by atoms with Crippen LogP contribution in [0.4, 0.5) is 5.69 Å². The number of benzene rings is 2. The van der Waals surface area contributed by atoms with Crippen molar-refractivity contribution in [3.63, 3.8) is 0 Å². The maximum atomic E-state index is 12.1. The van der Waals surface area contributed by atoms with Crippen molar-refractivity contribution in [3.8, 4) is 11.4 Å². The molecule has 1 N–H and O–H groups in total. The van der Waals surface area contributed by atoms with E-state index in [2.05, 4.69) is 15.5 Å². The third-order valence-electron chi connectivity index (χ3n) is 3.28. The van der Waals surface area contributed by atoms with E-state index >= 15 is 0 Å². The second kappa shape index (κ2) is 7.14. The molecule has 0 spiro atoms. The van der Waals surface area contributed by atoms with E-state index in [4.69, 9.17) is 16.3 Å². The van der Waals surface area contributed by atoms with Crippen molar-refractivity contribution in [1.82, 2.24) is 14.8 Å². The normalized spacial score (nSPS) is 10.4. The number of carbonyl (C=O) groups excluding carboxylic acids is 1. The molecule has 24 heavy (non-hydrogen) atoms. The Morgan fingerprint density at radius 2 is 2.00 bits per heavy atom. The Balaban J connectivity index is 1.69. The second-order valence-corrected chi connectivity index (χ2v) is 5.62. The summed E-state index contributed by atoms with van der Waals surface area (Å²) in [5.74, 6) is 0.300. The number of anilines is 1. The van der Waals surface area contributed by atoms with Crippen molar-refractivity contribution < 1.29 is 9.53 Å². The van der Waals surface area contributed by atoms with Gasteiger partial charge in [-0.15, -0.1) is 10.2 Å². The van der Waals surface area contributed by atoms with Crippen molar-refractivity contribution in [3.05, 3.63) is 65.7 Å². The summed E-state index contributed by atoms with van der Waals surface area (Å²) in [5.41, 5.74) is 2.46. The van der Waals surface area contributed by atoms with Gasteiger partial charge in [-0.2, -0.15) is 0 Å². The second-order valence-electron chi connectivity index (χ2n) is 5.19. The lowest BCUT2D eigenvalue weighted by molar-refractivity contribution is -0.118. The number of aryl methyl sites for hydroxylation is 1. The maximum Gasteiger partial charge on any atom is 0.262 e. The smallest absolute Gasteiger partial charge is 0.262 e. The van der Waals surface area contributed by atoms with Crippen LogP contribution in [0.15, 0.2) is 55.1 Å². The molecule has 1 heterocycles. The van der Waals surface area contributed by atoms with E-state index in [1.165, 1.54) is 0 Å². The SMILES string of the molecule is Cc1ccc(OCC(=O)Nc2cccc(Cl)c2)c(-n2cnnc2)c1. The van der Waals surface area contributed by atoms with Crippen LogP contribution in [-0.2, 0) is 4.79 Å². The summed E-state index contributed by atoms with van der Waals surface area (Å²) < 4.78 is 7.39. The summed E-state index contributed by atoms with van der Waals surface area (Å²) in [7, 11) is 0. The number of aromatic nitrogens is 3. The topological polar surface area (TPSA) is 69.0 Å². The predicted molar refractivity (Wildman–Crippen MR) is 91.7 cm³/mol. The molecule has 0 aliphatic heterocycles. The van der Waals surface area contributed by atoms with Crippen LogP contribution in [0, 0.1) is 6.92 Å². The minimum Gasteiger partial charge on any atom is -0.482 e. The molecule has 6 nitrogen and oxygen atoms in total. The monoisotopic (exact) mass is 342 g/mol. The summed E-state index contributed by atoms with van der Waals surface area (Å²) >= 11 is 5.90. The van der Waals surface area contributed by atoms with E-state index in [1.54, 1.807) is 41.5 Å². The Bertz CT molecular complexity index is 850. The van der Waals surface area contributed by atoms with Gasteiger partial charge in [-0.1, -0.05) is 23.7 Å². The Morgan fingerprint density at radius 1 is 1.21 bits per heavy atom. The fourth-order valence-electron chi connectivity index (χ4n) is 2.18. The number of nitrogens with one attached hydrogen (secondary N) is 1. The molecule has 0 saturated heterocycles. The largest absolute Gasteiger partial charge is 0.482 e. The van der Waals surface area contributed by atoms with Crippen LogP contribution in [0.25, 0.3) is 5.69 Å². The highest BCUT2D eigenvalue weighted by Gasteiger charge is 2.09. The fraction of sp³-hybridized carbons (Fsp3) is 0.118. The first kappa shape index (κ1) is 16.0. The summed E-state index contributed by atoms with van der Waals surface area (Å²) in [6.07, 6.45) is 3.15. The molecular weight excluding hydrogens is 328 g/mol. The molecule has 0 aliphatic carbocycles. The summed E-state index contributed by atoms with van der Waals surface area (Å²) in [6, 6.07) is 12.6. The van der Waals surface area contributed by atoms with Crippen molar-refractivity contribution in [2.24, 2.45) is 0 Å². The van der Waals surface area contributed by atoms with Crippen LogP contribution in [0.2, 0.25) is 5.02 Å². The van der Waals surface area contributed by atoms with Crippen LogP contribution in [-0.4, -0.2) is 27.3 Å². The number of ether oxygens (including phenoxy) is 1. The van der Waals surface area contributed by atoms with Gasteiger partial charge in [0.25, 0.3) is 5.91 Å². The van der Waals surface area contributed by atoms with Crippen LogP contribution < -0.4 is 10.1 Å². The standard InChI is InChI=1S/C17H15ClN4O2/c1-12-5-6-16(15(7-12)22-10-19-20-11-22)24-9-17(23)21-14-4-2-3-13(18)8-14/h2-8,10-11H,9H2,1H3,(H,21,23). The minimum atomic E-state index is -0.271. The van der Waals surface area contributed by atoms with E-state index in [-0.39, 0.29) is 12.5 Å². The quantitative estimate of drug-likeness (QED) is 0.772. The number of amides is 1. The summed E-state index contributed by atoms with van der Waals surface area (Å²) in [5, 5.41) is 10.9. The average Bonchev–Trinajstić information content (AvgIpc) is 3.08. The van der Waals surface area contributed by atoms with Gasteiger partial charge >= 0.3 is 0 Å². The zero-order chi connectivity index (χ0) is 16.9. The van der Waals surface area contributed by atoms with E-state index in [1.807, 2.05) is 25.1 Å². The maximum absolute atomic E-state index is 12.1. The highest BCUT2D eigenvalue weighted by Crippen LogP contribution is 2.24. The third-order valence-corrected chi connectivity index (χ3v) is 3.51. The van der Waals surface area contributed by atoms with Crippen LogP contribution in [0.5, 0.6) is 5.75 Å². The molecule has 0 saturated carbocycles. The molecule has 122 valence electrons. The van der Waals surface area contributed by atoms with E-state index < -0.39 is 0 Å². The molecule has 0 aliphatic rings. The van der Waals surface area contributed by atoms with Gasteiger partial charge in [0.1, 0.15) is 18.4 Å². The summed E-state index contributed by atoms with van der Waals surface area (Å²) in [6.45, 7) is 1.86. The molecule has 1 aromatic heterocycles. The van der Waals surface area contributed by atoms with Crippen LogP contribution in [0.1, 0.15) is 5.56 Å². The number of hydrogen-bond acceptors (Lipinski definition) is 4. The third kappa shape index (κ3) is 3.91. The molecular formula is C17H15ClN4O2. The van der Waals surface area contributed by atoms with Crippen LogP contribution in [0.3, 0.4) is 0 Å². The number of halogens is 1. The number of carbonyl (C=O) groups is 1. The van der Waals surface area contributed by atoms with E-state index in [9.17, 15) is 4.79 Å². The van der Waals surface area contributed by atoms with E-state index in [0.717, 1.165) is 11.3 Å². The molecule has 0 atom stereocenters. The number of hydrogen-bond donors (Lipinski definition) is 1. The van der Waals surface area contributed by atoms with Gasteiger partial charge in [-0.05, 0) is 42.8 Å². The summed E-state index contributed by atoms with van der Waals surface area (Å²) in [4.78, 5) is 12.1. The van der Waals surface area contributed by atoms with Gasteiger partial charge in [0.2, 0.25) is 0 Å². The van der Waals surface area contributed by atoms with Crippen molar-refractivity contribution in [2.75, 3.05) is 11.9 Å². The average molecular weight is 343 g/mol. The lowest BCUT2D eigenvalue weighted by atomic mass is 10.2. The fourth-order valence-corrected chi connectivity index (χ4v) is 2.37. The first-order valence-electron chi connectivity index (χ1n) is 7.26. The van der Waals surface area contributed by atoms with Crippen LogP contribution >= 0.6 is 11.6 Å². The number of rotatable bonds is 5. The van der Waals surface area contributed by atoms with Gasteiger partial charge < -0.3 is 10.1 Å². The zero-order valence-corrected chi connectivity index (χ0v) is 13.7. The first-order chi connectivity index (χ1) is 11.6. The van der Waals surface area contributed by atoms with Crippen molar-refractivity contribution in [1.29, 1.82) is 0 Å². The number of nitrogens with zero attached hydrogens (tertiary/aromatic N) is 3. The molecule has 0 unspecified atom stereocenters. The highest BCUT2D eigenvalue weighted by atomic mass is 35.5. The Morgan fingerprint density at radius 3 is 2.75 bits per heavy atom. The van der Waals surface area contributed by atoms with Gasteiger partial charge in [-0.3, -0.25) is 9.36 Å². The molecule has 1 amide bonds. The van der Waals surface area contributed by atoms with Gasteiger partial charge in [-0.25, -0.2) is 0 Å². The molecule has 3 rings (SSSR count). The van der Waals surface area contributed by atoms with Gasteiger partial charge in [0.05, 0.1) is 5.69 Å². The zero-order valence-electron chi connectivity index (χ0n) is 12.9. The Hall–Kier alpha value is -2.86. The molecule has 3 aromatic rings. The van der Waals surface area contributed by atoms with Crippen molar-refractivity contribution >= 4 is 23.2 Å². The Kier molecular flexibility index (Phi) is 4.77. The molecule has 0 fully saturated rings. The Labute approximate surface area is 144 Å². The predicted octanol–water partition coefficient (Wildman–Crippen LogP) is 3.25. The minimum absolute atomic E-state index is 0.120. The van der Waals surface area contributed by atoms with Crippen molar-refractivity contribution in [2.45, 2.75) is 6.92 Å². The lowest BCUT2D eigenvalue weighted by Gasteiger charge is -2.12. The van der Waals surface area contributed by atoms with E-state index in [0.29, 0.717) is 16.5 Å². The van der Waals surface area contributed by atoms with Gasteiger partial charge in [0.15, 0.2) is 6.61 Å². The first-order valence-corrected chi connectivity index (χ1v) is 7.63. The molecule has 2 aromatic carbocycles. The molecule has 7 heteroatoms.